The van der Waals surface area contributed by atoms with Crippen LogP contribution in [0.5, 0.6) is 0 Å². The Hall–Kier alpha value is -1.35. The second-order valence-corrected chi connectivity index (χ2v) is 4.88. The van der Waals surface area contributed by atoms with Crippen molar-refractivity contribution in [2.45, 2.75) is 27.3 Å². The van der Waals surface area contributed by atoms with E-state index < -0.39 is 0 Å². The summed E-state index contributed by atoms with van der Waals surface area (Å²) in [5.41, 5.74) is 1.72. The summed E-state index contributed by atoms with van der Waals surface area (Å²) < 4.78 is 5.30. The van der Waals surface area contributed by atoms with Crippen LogP contribution >= 0.6 is 24.0 Å². The van der Waals surface area contributed by atoms with Gasteiger partial charge in [0.1, 0.15) is 0 Å². The van der Waals surface area contributed by atoms with Crippen molar-refractivity contribution in [2.75, 3.05) is 32.8 Å². The molecule has 7 heteroatoms. The van der Waals surface area contributed by atoms with Crippen LogP contribution < -0.4 is 16.0 Å². The normalized spacial score (nSPS) is 10.7. The van der Waals surface area contributed by atoms with Gasteiger partial charge in [0.15, 0.2) is 5.96 Å². The summed E-state index contributed by atoms with van der Waals surface area (Å²) >= 11 is 0. The maximum absolute atomic E-state index is 11.7. The molecule has 0 spiro atoms. The zero-order valence-electron chi connectivity index (χ0n) is 14.7. The van der Waals surface area contributed by atoms with Gasteiger partial charge in [0.25, 0.3) is 5.91 Å². The number of benzene rings is 1. The Bertz CT molecular complexity index is 492. The van der Waals surface area contributed by atoms with Gasteiger partial charge >= 0.3 is 0 Å². The number of carbonyl (C=O) groups is 1. The second kappa shape index (κ2) is 14.0. The molecular formula is C17H29IN4O2. The molecule has 1 aromatic carbocycles. The predicted molar refractivity (Wildman–Crippen MR) is 109 cm³/mol. The number of nitrogens with one attached hydrogen (secondary N) is 3. The third-order valence-electron chi connectivity index (χ3n) is 3.06. The first kappa shape index (κ1) is 22.6. The topological polar surface area (TPSA) is 74.8 Å². The zero-order chi connectivity index (χ0) is 16.9. The van der Waals surface area contributed by atoms with Crippen molar-refractivity contribution in [3.8, 4) is 0 Å². The van der Waals surface area contributed by atoms with Crippen molar-refractivity contribution >= 4 is 35.8 Å². The first-order valence-electron chi connectivity index (χ1n) is 8.18. The van der Waals surface area contributed by atoms with Crippen molar-refractivity contribution in [1.82, 2.24) is 16.0 Å². The van der Waals surface area contributed by atoms with E-state index in [-0.39, 0.29) is 29.9 Å². The number of ether oxygens (including phenoxy) is 1. The van der Waals surface area contributed by atoms with Crippen molar-refractivity contribution in [3.05, 3.63) is 35.4 Å². The van der Waals surface area contributed by atoms with Gasteiger partial charge < -0.3 is 20.7 Å². The molecule has 0 fully saturated rings. The fraction of sp³-hybridized carbons (Fsp3) is 0.529. The summed E-state index contributed by atoms with van der Waals surface area (Å²) in [4.78, 5) is 16.2. The zero-order valence-corrected chi connectivity index (χ0v) is 17.1. The van der Waals surface area contributed by atoms with E-state index in [2.05, 4.69) is 20.9 Å². The monoisotopic (exact) mass is 448 g/mol. The number of hydrogen-bond donors (Lipinski definition) is 3. The van der Waals surface area contributed by atoms with Gasteiger partial charge in [-0.15, -0.1) is 24.0 Å². The summed E-state index contributed by atoms with van der Waals surface area (Å²) in [5, 5.41) is 9.20. The quantitative estimate of drug-likeness (QED) is 0.234. The molecule has 0 aromatic heterocycles. The number of aliphatic imine (C=N–C) groups is 1. The van der Waals surface area contributed by atoms with E-state index >= 15 is 0 Å². The Kier molecular flexibility index (Phi) is 13.2. The minimum atomic E-state index is -0.0477. The van der Waals surface area contributed by atoms with E-state index in [1.807, 2.05) is 45.0 Å². The van der Waals surface area contributed by atoms with Gasteiger partial charge in [-0.2, -0.15) is 0 Å². The maximum Gasteiger partial charge on any atom is 0.251 e. The molecule has 0 unspecified atom stereocenters. The molecule has 0 aliphatic heterocycles. The lowest BCUT2D eigenvalue weighted by atomic mass is 10.1. The maximum atomic E-state index is 11.7. The molecule has 0 saturated heterocycles. The molecule has 0 bridgehead atoms. The third kappa shape index (κ3) is 9.07. The lowest BCUT2D eigenvalue weighted by molar-refractivity contribution is 0.0956. The molecule has 0 heterocycles. The van der Waals surface area contributed by atoms with Gasteiger partial charge in [0.05, 0.1) is 13.2 Å². The summed E-state index contributed by atoms with van der Waals surface area (Å²) in [6.07, 6.45) is 0. The Morgan fingerprint density at radius 3 is 2.29 bits per heavy atom. The van der Waals surface area contributed by atoms with Crippen LogP contribution in [0.15, 0.2) is 29.3 Å². The third-order valence-corrected chi connectivity index (χ3v) is 3.06. The van der Waals surface area contributed by atoms with E-state index in [4.69, 9.17) is 4.74 Å². The van der Waals surface area contributed by atoms with Crippen LogP contribution in [0, 0.1) is 0 Å². The Balaban J connectivity index is 0.00000529. The minimum Gasteiger partial charge on any atom is -0.380 e. The first-order chi connectivity index (χ1) is 11.2. The molecule has 0 atom stereocenters. The highest BCUT2D eigenvalue weighted by Gasteiger charge is 2.03. The Labute approximate surface area is 161 Å². The minimum absolute atomic E-state index is 0. The van der Waals surface area contributed by atoms with Crippen LogP contribution in [0.3, 0.4) is 0 Å². The van der Waals surface area contributed by atoms with Crippen LogP contribution in [-0.2, 0) is 11.3 Å². The van der Waals surface area contributed by atoms with Gasteiger partial charge in [-0.3, -0.25) is 4.79 Å². The van der Waals surface area contributed by atoms with Crippen LogP contribution in [0.1, 0.15) is 36.7 Å². The Morgan fingerprint density at radius 1 is 1.04 bits per heavy atom. The summed E-state index contributed by atoms with van der Waals surface area (Å²) in [6, 6.07) is 7.51. The van der Waals surface area contributed by atoms with Crippen LogP contribution in [-0.4, -0.2) is 44.7 Å². The molecule has 0 aliphatic carbocycles. The van der Waals surface area contributed by atoms with Gasteiger partial charge in [0, 0.05) is 31.8 Å². The number of amides is 1. The number of guanidine groups is 1. The van der Waals surface area contributed by atoms with Crippen LogP contribution in [0.25, 0.3) is 0 Å². The van der Waals surface area contributed by atoms with E-state index in [1.54, 1.807) is 0 Å². The molecule has 0 radical (unpaired) electrons. The number of halogens is 1. The molecule has 0 saturated carbocycles. The molecule has 0 aliphatic rings. The summed E-state index contributed by atoms with van der Waals surface area (Å²) in [7, 11) is 0. The highest BCUT2D eigenvalue weighted by Crippen LogP contribution is 2.05. The molecular weight excluding hydrogens is 419 g/mol. The average molecular weight is 448 g/mol. The number of carbonyl (C=O) groups excluding carboxylic acids is 1. The molecule has 1 aromatic rings. The number of nitrogens with zero attached hydrogens (tertiary/aromatic N) is 1. The fourth-order valence-corrected chi connectivity index (χ4v) is 1.92. The SMILES string of the molecule is CCNC(=O)c1ccc(CN=C(NCC)NCCOCC)cc1.I. The molecule has 1 rings (SSSR count). The van der Waals surface area contributed by atoms with Crippen LogP contribution in [0.4, 0.5) is 0 Å². The highest BCUT2D eigenvalue weighted by atomic mass is 127. The first-order valence-corrected chi connectivity index (χ1v) is 8.18. The number of rotatable bonds is 9. The van der Waals surface area contributed by atoms with E-state index in [1.165, 1.54) is 0 Å². The second-order valence-electron chi connectivity index (χ2n) is 4.88. The van der Waals surface area contributed by atoms with E-state index in [0.29, 0.717) is 31.9 Å². The molecule has 6 nitrogen and oxygen atoms in total. The van der Waals surface area contributed by atoms with E-state index in [9.17, 15) is 4.79 Å². The van der Waals surface area contributed by atoms with Gasteiger partial charge in [-0.1, -0.05) is 12.1 Å². The molecule has 136 valence electrons. The standard InChI is InChI=1S/C17H28N4O2.HI/c1-4-18-16(22)15-9-7-14(8-10-15)13-21-17(19-5-2)20-11-12-23-6-3;/h7-10H,4-6,11-13H2,1-3H3,(H,18,22)(H2,19,20,21);1H. The van der Waals surface area contributed by atoms with Crippen LogP contribution in [0.2, 0.25) is 0 Å². The van der Waals surface area contributed by atoms with Crippen molar-refractivity contribution < 1.29 is 9.53 Å². The van der Waals surface area contributed by atoms with Gasteiger partial charge in [-0.25, -0.2) is 4.99 Å². The fourth-order valence-electron chi connectivity index (χ4n) is 1.92. The lowest BCUT2D eigenvalue weighted by Gasteiger charge is -2.11. The average Bonchev–Trinajstić information content (AvgIpc) is 2.57. The lowest BCUT2D eigenvalue weighted by Crippen LogP contribution is -2.39. The Morgan fingerprint density at radius 2 is 1.71 bits per heavy atom. The predicted octanol–water partition coefficient (Wildman–Crippen LogP) is 2.15. The van der Waals surface area contributed by atoms with Crippen molar-refractivity contribution in [2.24, 2.45) is 4.99 Å². The van der Waals surface area contributed by atoms with Crippen molar-refractivity contribution in [1.29, 1.82) is 0 Å². The van der Waals surface area contributed by atoms with Gasteiger partial charge in [-0.05, 0) is 38.5 Å². The van der Waals surface area contributed by atoms with Gasteiger partial charge in [0.2, 0.25) is 0 Å². The van der Waals surface area contributed by atoms with E-state index in [0.717, 1.165) is 24.6 Å². The van der Waals surface area contributed by atoms with Crippen molar-refractivity contribution in [3.63, 3.8) is 0 Å². The smallest absolute Gasteiger partial charge is 0.251 e. The molecule has 1 amide bonds. The largest absolute Gasteiger partial charge is 0.380 e. The molecule has 24 heavy (non-hydrogen) atoms. The summed E-state index contributed by atoms with van der Waals surface area (Å²) in [5.74, 6) is 0.716. The highest BCUT2D eigenvalue weighted by molar-refractivity contribution is 14.0. The summed E-state index contributed by atoms with van der Waals surface area (Å²) in [6.45, 7) is 9.98. The molecule has 3 N–H and O–H groups in total. The number of hydrogen-bond acceptors (Lipinski definition) is 3.